The summed E-state index contributed by atoms with van der Waals surface area (Å²) in [5, 5.41) is 6.22. The summed E-state index contributed by atoms with van der Waals surface area (Å²) in [6, 6.07) is 15.0. The first-order valence-electron chi connectivity index (χ1n) is 17.6. The van der Waals surface area contributed by atoms with Crippen molar-refractivity contribution in [1.29, 1.82) is 0 Å². The third-order valence-corrected chi connectivity index (χ3v) is 8.40. The number of hydrogen-bond acceptors (Lipinski definition) is 10. The molecular weight excluding hydrogens is 707 g/mol. The normalized spacial score (nSPS) is 14.4. The highest BCUT2D eigenvalue weighted by Gasteiger charge is 2.32. The van der Waals surface area contributed by atoms with Crippen LogP contribution in [0.5, 0.6) is 11.5 Å². The van der Waals surface area contributed by atoms with Crippen LogP contribution in [-0.4, -0.2) is 72.2 Å². The molecule has 54 heavy (non-hydrogen) atoms. The molecule has 1 atom stereocenters. The van der Waals surface area contributed by atoms with Gasteiger partial charge in [0.1, 0.15) is 36.6 Å². The van der Waals surface area contributed by atoms with Gasteiger partial charge in [-0.05, 0) is 70.0 Å². The van der Waals surface area contributed by atoms with Gasteiger partial charge < -0.3 is 33.9 Å². The molecule has 1 aliphatic rings. The quantitative estimate of drug-likeness (QED) is 0.135. The van der Waals surface area contributed by atoms with Gasteiger partial charge in [0.2, 0.25) is 0 Å². The van der Waals surface area contributed by atoms with E-state index in [1.807, 2.05) is 26.8 Å². The lowest BCUT2D eigenvalue weighted by Crippen LogP contribution is -2.44. The zero-order valence-electron chi connectivity index (χ0n) is 31.2. The number of likely N-dealkylation sites (tertiary alicyclic amines) is 1. The first kappa shape index (κ1) is 39.9. The fraction of sp³-hybridized carbons (Fsp3) is 0.436. The highest BCUT2D eigenvalue weighted by Crippen LogP contribution is 2.38. The lowest BCUT2D eigenvalue weighted by molar-refractivity contribution is -0.137. The van der Waals surface area contributed by atoms with Gasteiger partial charge in [0, 0.05) is 50.2 Å². The Hall–Kier alpha value is -5.31. The van der Waals surface area contributed by atoms with Crippen molar-refractivity contribution in [2.45, 2.75) is 78.0 Å². The summed E-state index contributed by atoms with van der Waals surface area (Å²) >= 11 is 0. The van der Waals surface area contributed by atoms with Crippen molar-refractivity contribution in [3.63, 3.8) is 0 Å². The molecule has 3 aromatic carbocycles. The maximum Gasteiger partial charge on any atom is 0.416 e. The largest absolute Gasteiger partial charge is 0.487 e. The van der Waals surface area contributed by atoms with Crippen molar-refractivity contribution in [3.05, 3.63) is 83.2 Å². The van der Waals surface area contributed by atoms with E-state index in [-0.39, 0.29) is 36.7 Å². The summed E-state index contributed by atoms with van der Waals surface area (Å²) in [6.07, 6.45) is -5.02. The van der Waals surface area contributed by atoms with Crippen LogP contribution in [0.1, 0.15) is 69.1 Å². The SMILES string of the molecule is COCCOc1cc2c(N[C@H](C)c3cc(NC(=O)OCc4ccccc4)cc(C(F)(F)F)c3)nc(C)nc2cc1OC1CCN(C(=O)OC(C)(C)C)CC1. The maximum absolute atomic E-state index is 14.1. The van der Waals surface area contributed by atoms with E-state index >= 15 is 0 Å². The molecule has 0 spiro atoms. The fourth-order valence-electron chi connectivity index (χ4n) is 5.77. The number of aryl methyl sites for hydroxylation is 1. The highest BCUT2D eigenvalue weighted by molar-refractivity contribution is 5.92. The van der Waals surface area contributed by atoms with Crippen LogP contribution in [-0.2, 0) is 27.0 Å². The number of nitrogens with one attached hydrogen (secondary N) is 2. The summed E-state index contributed by atoms with van der Waals surface area (Å²) in [5.74, 6) is 1.61. The molecule has 1 fully saturated rings. The van der Waals surface area contributed by atoms with Crippen LogP contribution in [0.15, 0.2) is 60.7 Å². The van der Waals surface area contributed by atoms with Crippen molar-refractivity contribution in [2.24, 2.45) is 0 Å². The van der Waals surface area contributed by atoms with E-state index in [0.29, 0.717) is 66.6 Å². The van der Waals surface area contributed by atoms with Gasteiger partial charge in [-0.3, -0.25) is 5.32 Å². The second-order valence-corrected chi connectivity index (χ2v) is 14.0. The molecule has 2 N–H and O–H groups in total. The number of rotatable bonds is 12. The number of carbonyl (C=O) groups excluding carboxylic acids is 2. The molecule has 0 radical (unpaired) electrons. The Morgan fingerprint density at radius 3 is 2.35 bits per heavy atom. The van der Waals surface area contributed by atoms with Crippen LogP contribution in [0.25, 0.3) is 10.9 Å². The summed E-state index contributed by atoms with van der Waals surface area (Å²) < 4.78 is 70.6. The third-order valence-electron chi connectivity index (χ3n) is 8.40. The molecule has 0 saturated carbocycles. The molecule has 5 rings (SSSR count). The number of amides is 2. The van der Waals surface area contributed by atoms with E-state index in [9.17, 15) is 22.8 Å². The minimum absolute atomic E-state index is 0.0477. The Kier molecular flexibility index (Phi) is 12.7. The van der Waals surface area contributed by atoms with Crippen LogP contribution < -0.4 is 20.1 Å². The van der Waals surface area contributed by atoms with E-state index < -0.39 is 29.5 Å². The third kappa shape index (κ3) is 11.1. The molecule has 12 nitrogen and oxygen atoms in total. The number of benzene rings is 3. The van der Waals surface area contributed by atoms with Crippen molar-refractivity contribution in [3.8, 4) is 11.5 Å². The minimum atomic E-state index is -4.69. The standard InChI is InChI=1S/C39H46F3N5O7/c1-24(27-18-28(39(40,41)42)20-29(19-27)46-36(48)52-23-26-10-8-7-9-11-26)43-35-31-21-33(51-17-16-50-6)34(22-32(31)44-25(2)45-35)53-30-12-14-47(15-13-30)37(49)54-38(3,4)5/h7-11,18-22,24,30H,12-17,23H2,1-6H3,(H,46,48)(H,43,44,45)/t24-/m1/s1. The number of nitrogens with zero attached hydrogens (tertiary/aromatic N) is 3. The smallest absolute Gasteiger partial charge is 0.416 e. The van der Waals surface area contributed by atoms with Gasteiger partial charge >= 0.3 is 18.4 Å². The molecule has 15 heteroatoms. The molecule has 1 saturated heterocycles. The fourth-order valence-corrected chi connectivity index (χ4v) is 5.77. The number of methoxy groups -OCH3 is 1. The summed E-state index contributed by atoms with van der Waals surface area (Å²) in [4.78, 5) is 36.0. The van der Waals surface area contributed by atoms with E-state index in [1.54, 1.807) is 62.3 Å². The maximum atomic E-state index is 14.1. The molecule has 290 valence electrons. The zero-order chi connectivity index (χ0) is 39.0. The summed E-state index contributed by atoms with van der Waals surface area (Å²) in [7, 11) is 1.56. The monoisotopic (exact) mass is 753 g/mol. The van der Waals surface area contributed by atoms with Crippen molar-refractivity contribution < 1.29 is 46.4 Å². The van der Waals surface area contributed by atoms with Crippen LogP contribution in [0.3, 0.4) is 0 Å². The molecule has 2 amide bonds. The van der Waals surface area contributed by atoms with Gasteiger partial charge in [-0.15, -0.1) is 0 Å². The molecule has 2 heterocycles. The van der Waals surface area contributed by atoms with Crippen LogP contribution in [0.4, 0.5) is 34.3 Å². The molecule has 0 bridgehead atoms. The Bertz CT molecular complexity index is 1910. The average Bonchev–Trinajstić information content (AvgIpc) is 3.10. The predicted octanol–water partition coefficient (Wildman–Crippen LogP) is 8.68. The number of anilines is 2. The average molecular weight is 754 g/mol. The van der Waals surface area contributed by atoms with Gasteiger partial charge in [-0.25, -0.2) is 19.6 Å². The van der Waals surface area contributed by atoms with E-state index in [2.05, 4.69) is 20.6 Å². The van der Waals surface area contributed by atoms with Gasteiger partial charge in [-0.1, -0.05) is 30.3 Å². The first-order chi connectivity index (χ1) is 25.6. The van der Waals surface area contributed by atoms with Crippen LogP contribution in [0.2, 0.25) is 0 Å². The molecule has 4 aromatic rings. The summed E-state index contributed by atoms with van der Waals surface area (Å²) in [5.41, 5.74) is -0.131. The number of hydrogen-bond donors (Lipinski definition) is 2. The number of ether oxygens (including phenoxy) is 5. The van der Waals surface area contributed by atoms with Gasteiger partial charge in [0.25, 0.3) is 0 Å². The van der Waals surface area contributed by atoms with Gasteiger partial charge in [-0.2, -0.15) is 13.2 Å². The van der Waals surface area contributed by atoms with E-state index in [4.69, 9.17) is 23.7 Å². The molecule has 0 unspecified atom stereocenters. The Labute approximate surface area is 312 Å². The topological polar surface area (TPSA) is 133 Å². The second-order valence-electron chi connectivity index (χ2n) is 14.0. The number of fused-ring (bicyclic) bond motifs is 1. The Balaban J connectivity index is 1.37. The van der Waals surface area contributed by atoms with Gasteiger partial charge in [0.05, 0.1) is 23.7 Å². The Morgan fingerprint density at radius 2 is 1.69 bits per heavy atom. The minimum Gasteiger partial charge on any atom is -0.487 e. The molecule has 0 aliphatic carbocycles. The van der Waals surface area contributed by atoms with Crippen LogP contribution in [0, 0.1) is 6.92 Å². The Morgan fingerprint density at radius 1 is 0.963 bits per heavy atom. The molecule has 1 aliphatic heterocycles. The first-order valence-corrected chi connectivity index (χ1v) is 17.6. The predicted molar refractivity (Wildman–Crippen MR) is 197 cm³/mol. The number of carbonyl (C=O) groups is 2. The number of halogens is 3. The number of alkyl halides is 3. The van der Waals surface area contributed by atoms with Crippen molar-refractivity contribution >= 4 is 34.6 Å². The zero-order valence-corrected chi connectivity index (χ0v) is 31.2. The van der Waals surface area contributed by atoms with Crippen molar-refractivity contribution in [2.75, 3.05) is 44.0 Å². The summed E-state index contributed by atoms with van der Waals surface area (Å²) in [6.45, 7) is 10.3. The number of piperidine rings is 1. The lowest BCUT2D eigenvalue weighted by atomic mass is 10.0. The van der Waals surface area contributed by atoms with E-state index in [1.165, 1.54) is 6.07 Å². The van der Waals surface area contributed by atoms with Crippen molar-refractivity contribution in [1.82, 2.24) is 14.9 Å². The second kappa shape index (κ2) is 17.2. The van der Waals surface area contributed by atoms with E-state index in [0.717, 1.165) is 17.7 Å². The molecular formula is C39H46F3N5O7. The van der Waals surface area contributed by atoms with Crippen LogP contribution >= 0.6 is 0 Å². The lowest BCUT2D eigenvalue weighted by Gasteiger charge is -2.33. The highest BCUT2D eigenvalue weighted by atomic mass is 19.4. The number of aromatic nitrogens is 2. The van der Waals surface area contributed by atoms with Gasteiger partial charge in [0.15, 0.2) is 11.5 Å². The molecule has 1 aromatic heterocycles.